The molecule has 1 unspecified atom stereocenters. The van der Waals surface area contributed by atoms with E-state index in [0.29, 0.717) is 17.9 Å². The van der Waals surface area contributed by atoms with Crippen molar-refractivity contribution in [2.45, 2.75) is 6.10 Å². The topological polar surface area (TPSA) is 38.5 Å². The van der Waals surface area contributed by atoms with Gasteiger partial charge in [-0.3, -0.25) is 0 Å². The molecule has 0 bridgehead atoms. The molecular formula is C7H15Cl2NO. The van der Waals surface area contributed by atoms with Crippen LogP contribution in [0.3, 0.4) is 0 Å². The van der Waals surface area contributed by atoms with E-state index in [0.717, 1.165) is 6.61 Å². The Balaban J connectivity index is 0. The van der Waals surface area contributed by atoms with Gasteiger partial charge in [0.25, 0.3) is 0 Å². The van der Waals surface area contributed by atoms with E-state index in [1.54, 1.807) is 6.08 Å². The molecule has 0 aromatic rings. The van der Waals surface area contributed by atoms with Crippen LogP contribution in [0.25, 0.3) is 0 Å². The first-order chi connectivity index (χ1) is 5.35. The van der Waals surface area contributed by atoms with Crippen molar-refractivity contribution in [3.63, 3.8) is 0 Å². The zero-order valence-electron chi connectivity index (χ0n) is 6.72. The van der Waals surface area contributed by atoms with Gasteiger partial charge in [-0.05, 0) is 7.05 Å². The second-order valence-corrected chi connectivity index (χ2v) is 2.17. The molecule has 1 heterocycles. The van der Waals surface area contributed by atoms with Crippen LogP contribution in [0.15, 0.2) is 12.7 Å². The predicted octanol–water partition coefficient (Wildman–Crippen LogP) is 1.61. The van der Waals surface area contributed by atoms with Crippen LogP contribution in [0, 0.1) is 0 Å². The standard InChI is InChI=1S/C3H5ClO.C3H5Cl.CH5N/c4-1-3-2-5-3;1-2-3-4;1-2/h3H,1-2H2;2H,1,3H2;2H2,1H3. The van der Waals surface area contributed by atoms with Gasteiger partial charge in [0, 0.05) is 5.88 Å². The number of hydrogen-bond donors (Lipinski definition) is 1. The highest BCUT2D eigenvalue weighted by atomic mass is 35.5. The van der Waals surface area contributed by atoms with Gasteiger partial charge in [0.2, 0.25) is 0 Å². The average Bonchev–Trinajstić information content (AvgIpc) is 2.91. The van der Waals surface area contributed by atoms with E-state index in [1.165, 1.54) is 7.05 Å². The van der Waals surface area contributed by atoms with Crippen LogP contribution in [0.2, 0.25) is 0 Å². The molecular weight excluding hydrogens is 185 g/mol. The Morgan fingerprint density at radius 2 is 2.00 bits per heavy atom. The number of nitrogens with two attached hydrogens (primary N) is 1. The summed E-state index contributed by atoms with van der Waals surface area (Å²) >= 11 is 10.3. The molecule has 0 aliphatic carbocycles. The molecule has 68 valence electrons. The van der Waals surface area contributed by atoms with Gasteiger partial charge in [0.15, 0.2) is 0 Å². The summed E-state index contributed by atoms with van der Waals surface area (Å²) in [4.78, 5) is 0. The third-order valence-electron chi connectivity index (χ3n) is 0.684. The van der Waals surface area contributed by atoms with E-state index < -0.39 is 0 Å². The number of allylic oxidation sites excluding steroid dienone is 1. The fourth-order valence-corrected chi connectivity index (χ4v) is 0.335. The first kappa shape index (κ1) is 13.8. The van der Waals surface area contributed by atoms with Crippen LogP contribution in [0.1, 0.15) is 0 Å². The van der Waals surface area contributed by atoms with Crippen LogP contribution in [0.4, 0.5) is 0 Å². The van der Waals surface area contributed by atoms with Gasteiger partial charge in [0.1, 0.15) is 0 Å². The van der Waals surface area contributed by atoms with Gasteiger partial charge in [-0.25, -0.2) is 0 Å². The zero-order valence-corrected chi connectivity index (χ0v) is 8.24. The fourth-order valence-electron chi connectivity index (χ4n) is 0.157. The first-order valence-corrected chi connectivity index (χ1v) is 4.34. The Labute approximate surface area is 78.3 Å². The molecule has 1 aliphatic heterocycles. The van der Waals surface area contributed by atoms with Gasteiger partial charge >= 0.3 is 0 Å². The Hall–Kier alpha value is 0.240. The molecule has 1 rings (SSSR count). The normalized spacial score (nSPS) is 18.4. The maximum Gasteiger partial charge on any atom is 0.0944 e. The molecule has 1 aliphatic rings. The summed E-state index contributed by atoms with van der Waals surface area (Å²) < 4.78 is 4.73. The van der Waals surface area contributed by atoms with Crippen LogP contribution in [-0.2, 0) is 4.74 Å². The summed E-state index contributed by atoms with van der Waals surface area (Å²) in [5.74, 6) is 1.22. The van der Waals surface area contributed by atoms with Crippen molar-refractivity contribution in [1.82, 2.24) is 0 Å². The van der Waals surface area contributed by atoms with Gasteiger partial charge < -0.3 is 10.5 Å². The minimum Gasteiger partial charge on any atom is -0.372 e. The van der Waals surface area contributed by atoms with Crippen LogP contribution >= 0.6 is 23.2 Å². The molecule has 1 saturated heterocycles. The van der Waals surface area contributed by atoms with Crippen molar-refractivity contribution >= 4 is 23.2 Å². The number of ether oxygens (including phenoxy) is 1. The average molecular weight is 200 g/mol. The summed E-state index contributed by atoms with van der Waals surface area (Å²) in [6.45, 7) is 4.23. The monoisotopic (exact) mass is 199 g/mol. The lowest BCUT2D eigenvalue weighted by Gasteiger charge is -1.67. The largest absolute Gasteiger partial charge is 0.372 e. The van der Waals surface area contributed by atoms with Crippen LogP contribution < -0.4 is 5.73 Å². The number of epoxide rings is 1. The quantitative estimate of drug-likeness (QED) is 0.417. The molecule has 11 heavy (non-hydrogen) atoms. The maximum absolute atomic E-state index is 5.27. The smallest absolute Gasteiger partial charge is 0.0944 e. The number of hydrogen-bond acceptors (Lipinski definition) is 2. The van der Waals surface area contributed by atoms with Gasteiger partial charge in [-0.1, -0.05) is 6.08 Å². The van der Waals surface area contributed by atoms with E-state index in [4.69, 9.17) is 27.9 Å². The number of halogens is 2. The lowest BCUT2D eigenvalue weighted by Crippen LogP contribution is -1.80. The van der Waals surface area contributed by atoms with E-state index in [2.05, 4.69) is 12.3 Å². The Kier molecular flexibility index (Phi) is 16.2. The third-order valence-corrected chi connectivity index (χ3v) is 1.25. The summed E-state index contributed by atoms with van der Waals surface area (Å²) in [5, 5.41) is 0. The van der Waals surface area contributed by atoms with Crippen molar-refractivity contribution < 1.29 is 4.74 Å². The third kappa shape index (κ3) is 17.9. The molecule has 2 N–H and O–H groups in total. The fraction of sp³-hybridized carbons (Fsp3) is 0.714. The molecule has 0 aromatic carbocycles. The maximum atomic E-state index is 5.27. The molecule has 0 amide bonds. The second kappa shape index (κ2) is 12.9. The Morgan fingerprint density at radius 3 is 2.00 bits per heavy atom. The van der Waals surface area contributed by atoms with Crippen molar-refractivity contribution in [3.8, 4) is 0 Å². The lowest BCUT2D eigenvalue weighted by molar-refractivity contribution is 0.425. The summed E-state index contributed by atoms with van der Waals surface area (Å²) in [7, 11) is 1.50. The highest BCUT2D eigenvalue weighted by Gasteiger charge is 2.19. The molecule has 2 nitrogen and oxygen atoms in total. The Morgan fingerprint density at radius 1 is 1.64 bits per heavy atom. The minimum absolute atomic E-state index is 0.400. The van der Waals surface area contributed by atoms with E-state index >= 15 is 0 Å². The highest BCUT2D eigenvalue weighted by molar-refractivity contribution is 6.18. The van der Waals surface area contributed by atoms with Gasteiger partial charge in [0.05, 0.1) is 18.6 Å². The molecule has 4 heteroatoms. The molecule has 0 aromatic heterocycles. The minimum atomic E-state index is 0.400. The Bertz CT molecular complexity index is 76.8. The predicted molar refractivity (Wildman–Crippen MR) is 51.5 cm³/mol. The summed E-state index contributed by atoms with van der Waals surface area (Å²) in [6.07, 6.45) is 2.04. The number of alkyl halides is 2. The molecule has 0 spiro atoms. The first-order valence-electron chi connectivity index (χ1n) is 3.27. The summed E-state index contributed by atoms with van der Waals surface area (Å²) in [5.41, 5.74) is 4.50. The summed E-state index contributed by atoms with van der Waals surface area (Å²) in [6, 6.07) is 0. The highest BCUT2D eigenvalue weighted by Crippen LogP contribution is 2.08. The van der Waals surface area contributed by atoms with Crippen LogP contribution in [-0.4, -0.2) is 31.5 Å². The van der Waals surface area contributed by atoms with Crippen molar-refractivity contribution in [3.05, 3.63) is 12.7 Å². The van der Waals surface area contributed by atoms with Crippen LogP contribution in [0.5, 0.6) is 0 Å². The van der Waals surface area contributed by atoms with E-state index in [9.17, 15) is 0 Å². The molecule has 0 radical (unpaired) electrons. The van der Waals surface area contributed by atoms with Crippen molar-refractivity contribution in [1.29, 1.82) is 0 Å². The molecule has 0 saturated carbocycles. The van der Waals surface area contributed by atoms with Gasteiger partial charge in [-0.2, -0.15) is 0 Å². The number of rotatable bonds is 2. The van der Waals surface area contributed by atoms with E-state index in [-0.39, 0.29) is 0 Å². The van der Waals surface area contributed by atoms with E-state index in [1.807, 2.05) is 0 Å². The van der Waals surface area contributed by atoms with Crippen molar-refractivity contribution in [2.75, 3.05) is 25.4 Å². The van der Waals surface area contributed by atoms with Gasteiger partial charge in [-0.15, -0.1) is 29.8 Å². The molecule has 1 atom stereocenters. The molecule has 1 fully saturated rings. The second-order valence-electron chi connectivity index (χ2n) is 1.55. The van der Waals surface area contributed by atoms with Crippen molar-refractivity contribution in [2.24, 2.45) is 5.73 Å². The SMILES string of the molecule is C=CCCl.CN.ClCC1CO1. The zero-order chi connectivity index (χ0) is 9.11. The lowest BCUT2D eigenvalue weighted by atomic mass is 10.6.